The molecule has 1 aliphatic heterocycles. The van der Waals surface area contributed by atoms with E-state index in [1.165, 1.54) is 0 Å². The van der Waals surface area contributed by atoms with Gasteiger partial charge in [-0.2, -0.15) is 0 Å². The van der Waals surface area contributed by atoms with E-state index in [0.717, 1.165) is 32.1 Å². The average Bonchev–Trinajstić information content (AvgIpc) is 2.90. The zero-order chi connectivity index (χ0) is 24.2. The lowest BCUT2D eigenvalue weighted by Crippen LogP contribution is -2.60. The fourth-order valence-corrected chi connectivity index (χ4v) is 6.51. The standard InChI is InChI=1S/C22H37N3O6S/c1-7-30-16(27)14-23-18(28)17-21(5,6)32-22(11-9-8-10-12-22)25(17)15(26)13-24-19(29)31-20(2,3)4/h17H,7-14H2,1-6H3,(H,23,28)(H,24,29)/t17-/m1/s1. The number of nitrogens with zero attached hydrogens (tertiary/aromatic N) is 1. The largest absolute Gasteiger partial charge is 0.465 e. The minimum atomic E-state index is -0.784. The van der Waals surface area contributed by atoms with Gasteiger partial charge in [-0.1, -0.05) is 19.3 Å². The van der Waals surface area contributed by atoms with Gasteiger partial charge in [-0.25, -0.2) is 4.79 Å². The molecule has 1 aliphatic carbocycles. The molecule has 3 amide bonds. The Balaban J connectivity index is 2.22. The van der Waals surface area contributed by atoms with Gasteiger partial charge in [-0.3, -0.25) is 14.4 Å². The second-order valence-corrected chi connectivity index (χ2v) is 11.8. The van der Waals surface area contributed by atoms with Crippen LogP contribution >= 0.6 is 11.8 Å². The molecular weight excluding hydrogens is 434 g/mol. The van der Waals surface area contributed by atoms with Gasteiger partial charge in [0.15, 0.2) is 0 Å². The summed E-state index contributed by atoms with van der Waals surface area (Å²) in [5.41, 5.74) is -0.682. The summed E-state index contributed by atoms with van der Waals surface area (Å²) in [5, 5.41) is 5.16. The van der Waals surface area contributed by atoms with Crippen molar-refractivity contribution < 1.29 is 28.7 Å². The van der Waals surface area contributed by atoms with Crippen molar-refractivity contribution in [2.24, 2.45) is 0 Å². The van der Waals surface area contributed by atoms with Crippen molar-refractivity contribution in [1.82, 2.24) is 15.5 Å². The molecule has 1 saturated carbocycles. The summed E-state index contributed by atoms with van der Waals surface area (Å²) in [5.74, 6) is -1.27. The first-order chi connectivity index (χ1) is 14.8. The molecule has 1 saturated heterocycles. The monoisotopic (exact) mass is 471 g/mol. The van der Waals surface area contributed by atoms with Crippen LogP contribution in [0.5, 0.6) is 0 Å². The lowest BCUT2D eigenvalue weighted by atomic mass is 9.90. The average molecular weight is 472 g/mol. The molecule has 10 heteroatoms. The van der Waals surface area contributed by atoms with Gasteiger partial charge in [0, 0.05) is 4.75 Å². The number of hydrogen-bond acceptors (Lipinski definition) is 7. The molecule has 0 unspecified atom stereocenters. The highest BCUT2D eigenvalue weighted by atomic mass is 32.2. The van der Waals surface area contributed by atoms with Crippen LogP contribution < -0.4 is 10.6 Å². The van der Waals surface area contributed by atoms with Gasteiger partial charge in [-0.15, -0.1) is 11.8 Å². The van der Waals surface area contributed by atoms with Gasteiger partial charge in [0.25, 0.3) is 0 Å². The Morgan fingerprint density at radius 2 is 1.66 bits per heavy atom. The van der Waals surface area contributed by atoms with Crippen molar-refractivity contribution in [3.63, 3.8) is 0 Å². The SMILES string of the molecule is CCOC(=O)CNC(=O)[C@H]1N(C(=O)CNC(=O)OC(C)(C)C)C2(CCCCC2)SC1(C)C. The van der Waals surface area contributed by atoms with Gasteiger partial charge in [-0.05, 0) is 54.4 Å². The Morgan fingerprint density at radius 3 is 2.22 bits per heavy atom. The van der Waals surface area contributed by atoms with Gasteiger partial charge in [0.2, 0.25) is 11.8 Å². The summed E-state index contributed by atoms with van der Waals surface area (Å²) in [6.45, 7) is 10.5. The molecule has 32 heavy (non-hydrogen) atoms. The smallest absolute Gasteiger partial charge is 0.408 e. The molecule has 2 N–H and O–H groups in total. The maximum atomic E-state index is 13.4. The van der Waals surface area contributed by atoms with E-state index in [1.807, 2.05) is 13.8 Å². The van der Waals surface area contributed by atoms with Crippen molar-refractivity contribution in [2.75, 3.05) is 19.7 Å². The van der Waals surface area contributed by atoms with Crippen LogP contribution in [0.25, 0.3) is 0 Å². The molecular formula is C22H37N3O6S. The maximum Gasteiger partial charge on any atom is 0.408 e. The van der Waals surface area contributed by atoms with E-state index in [4.69, 9.17) is 9.47 Å². The van der Waals surface area contributed by atoms with Gasteiger partial charge in [0.1, 0.15) is 24.7 Å². The minimum Gasteiger partial charge on any atom is -0.465 e. The Labute approximate surface area is 194 Å². The van der Waals surface area contributed by atoms with Gasteiger partial charge < -0.3 is 25.0 Å². The van der Waals surface area contributed by atoms with Crippen LogP contribution in [0.4, 0.5) is 4.79 Å². The molecule has 182 valence electrons. The summed E-state index contributed by atoms with van der Waals surface area (Å²) in [4.78, 5) is 51.6. The van der Waals surface area contributed by atoms with Crippen LogP contribution in [0.1, 0.15) is 73.6 Å². The lowest BCUT2D eigenvalue weighted by Gasteiger charge is -2.42. The van der Waals surface area contributed by atoms with E-state index in [1.54, 1.807) is 44.4 Å². The first kappa shape index (κ1) is 26.3. The normalized spacial score (nSPS) is 21.7. The number of esters is 1. The zero-order valence-electron chi connectivity index (χ0n) is 20.0. The Morgan fingerprint density at radius 1 is 1.03 bits per heavy atom. The van der Waals surface area contributed by atoms with Crippen LogP contribution in [0.15, 0.2) is 0 Å². The van der Waals surface area contributed by atoms with E-state index in [0.29, 0.717) is 0 Å². The Kier molecular flexibility index (Phi) is 8.47. The quantitative estimate of drug-likeness (QED) is 0.572. The summed E-state index contributed by atoms with van der Waals surface area (Å²) in [6.07, 6.45) is 3.88. The number of amides is 3. The summed E-state index contributed by atoms with van der Waals surface area (Å²) in [7, 11) is 0. The van der Waals surface area contributed by atoms with Crippen LogP contribution in [0.2, 0.25) is 0 Å². The molecule has 0 radical (unpaired) electrons. The predicted octanol–water partition coefficient (Wildman–Crippen LogP) is 2.57. The number of hydrogen-bond donors (Lipinski definition) is 2. The number of alkyl carbamates (subject to hydrolysis) is 1. The second kappa shape index (κ2) is 10.3. The van der Waals surface area contributed by atoms with Crippen LogP contribution in [0.3, 0.4) is 0 Å². The van der Waals surface area contributed by atoms with Crippen LogP contribution in [-0.2, 0) is 23.9 Å². The third kappa shape index (κ3) is 6.52. The van der Waals surface area contributed by atoms with Crippen molar-refractivity contribution in [3.8, 4) is 0 Å². The Hall–Kier alpha value is -1.97. The van der Waals surface area contributed by atoms with Crippen LogP contribution in [-0.4, -0.2) is 69.7 Å². The van der Waals surface area contributed by atoms with Crippen molar-refractivity contribution in [3.05, 3.63) is 0 Å². The zero-order valence-corrected chi connectivity index (χ0v) is 20.9. The highest BCUT2D eigenvalue weighted by Gasteiger charge is 2.60. The second-order valence-electron chi connectivity index (χ2n) is 9.76. The first-order valence-electron chi connectivity index (χ1n) is 11.2. The molecule has 0 bridgehead atoms. The molecule has 2 fully saturated rings. The maximum absolute atomic E-state index is 13.4. The molecule has 1 atom stereocenters. The van der Waals surface area contributed by atoms with E-state index in [-0.39, 0.29) is 25.6 Å². The molecule has 2 aliphatic rings. The molecule has 1 spiro atoms. The highest BCUT2D eigenvalue weighted by Crippen LogP contribution is 2.57. The van der Waals surface area contributed by atoms with Crippen molar-refractivity contribution >= 4 is 35.6 Å². The number of thioether (sulfide) groups is 1. The summed E-state index contributed by atoms with van der Waals surface area (Å²) < 4.78 is 9.56. The number of ether oxygens (including phenoxy) is 2. The molecule has 0 aromatic rings. The van der Waals surface area contributed by atoms with E-state index >= 15 is 0 Å². The molecule has 9 nitrogen and oxygen atoms in total. The number of nitrogens with one attached hydrogen (secondary N) is 2. The number of rotatable bonds is 6. The fourth-order valence-electron chi connectivity index (χ4n) is 4.41. The predicted molar refractivity (Wildman–Crippen MR) is 122 cm³/mol. The molecule has 0 aromatic heterocycles. The minimum absolute atomic E-state index is 0.226. The highest BCUT2D eigenvalue weighted by molar-refractivity contribution is 8.02. The number of carbonyl (C=O) groups is 4. The third-order valence-electron chi connectivity index (χ3n) is 5.46. The van der Waals surface area contributed by atoms with Gasteiger partial charge >= 0.3 is 12.1 Å². The third-order valence-corrected chi connectivity index (χ3v) is 7.19. The first-order valence-corrected chi connectivity index (χ1v) is 12.1. The van der Waals surface area contributed by atoms with Gasteiger partial charge in [0.05, 0.1) is 11.5 Å². The van der Waals surface area contributed by atoms with Crippen LogP contribution in [0, 0.1) is 0 Å². The molecule has 2 rings (SSSR count). The van der Waals surface area contributed by atoms with E-state index in [2.05, 4.69) is 10.6 Å². The fraction of sp³-hybridized carbons (Fsp3) is 0.818. The topological polar surface area (TPSA) is 114 Å². The molecule has 0 aromatic carbocycles. The lowest BCUT2D eigenvalue weighted by molar-refractivity contribution is -0.146. The number of carbonyl (C=O) groups excluding carboxylic acids is 4. The van der Waals surface area contributed by atoms with Crippen molar-refractivity contribution in [2.45, 2.75) is 94.9 Å². The van der Waals surface area contributed by atoms with E-state index < -0.39 is 39.2 Å². The Bertz CT molecular complexity index is 728. The summed E-state index contributed by atoms with van der Waals surface area (Å²) >= 11 is 1.64. The molecule has 1 heterocycles. The summed E-state index contributed by atoms with van der Waals surface area (Å²) in [6, 6.07) is -0.784. The van der Waals surface area contributed by atoms with E-state index in [9.17, 15) is 19.2 Å². The van der Waals surface area contributed by atoms with Crippen molar-refractivity contribution in [1.29, 1.82) is 0 Å².